The lowest BCUT2D eigenvalue weighted by molar-refractivity contribution is 0.376. The zero-order valence-corrected chi connectivity index (χ0v) is 9.72. The molecule has 0 aliphatic heterocycles. The van der Waals surface area contributed by atoms with Crippen molar-refractivity contribution in [3.05, 3.63) is 34.9 Å². The molecule has 1 heteroatoms. The SMILES string of the molecule is Cc1ccc(CC(C)(C)CN)c(C)c1. The highest BCUT2D eigenvalue weighted by Gasteiger charge is 2.16. The predicted octanol–water partition coefficient (Wildman–Crippen LogP) is 2.83. The highest BCUT2D eigenvalue weighted by Crippen LogP contribution is 2.22. The summed E-state index contributed by atoms with van der Waals surface area (Å²) in [5.41, 5.74) is 10.1. The van der Waals surface area contributed by atoms with Crippen molar-refractivity contribution in [3.63, 3.8) is 0 Å². The number of aryl methyl sites for hydroxylation is 2. The van der Waals surface area contributed by atoms with Gasteiger partial charge in [0.05, 0.1) is 0 Å². The highest BCUT2D eigenvalue weighted by atomic mass is 14.6. The first-order valence-corrected chi connectivity index (χ1v) is 5.21. The fraction of sp³-hybridized carbons (Fsp3) is 0.538. The van der Waals surface area contributed by atoms with Gasteiger partial charge >= 0.3 is 0 Å². The van der Waals surface area contributed by atoms with Gasteiger partial charge in [0.15, 0.2) is 0 Å². The van der Waals surface area contributed by atoms with Gasteiger partial charge in [0, 0.05) is 0 Å². The minimum Gasteiger partial charge on any atom is -0.330 e. The molecule has 0 spiro atoms. The van der Waals surface area contributed by atoms with Gasteiger partial charge in [-0.25, -0.2) is 0 Å². The standard InChI is InChI=1S/C13H21N/c1-10-5-6-12(11(2)7-10)8-13(3,4)9-14/h5-7H,8-9,14H2,1-4H3. The summed E-state index contributed by atoms with van der Waals surface area (Å²) in [6.45, 7) is 9.47. The Morgan fingerprint density at radius 3 is 2.36 bits per heavy atom. The van der Waals surface area contributed by atoms with Crippen molar-refractivity contribution in [3.8, 4) is 0 Å². The minimum atomic E-state index is 0.208. The Morgan fingerprint density at radius 2 is 1.86 bits per heavy atom. The molecule has 1 aromatic carbocycles. The molecule has 0 unspecified atom stereocenters. The van der Waals surface area contributed by atoms with Gasteiger partial charge in [-0.2, -0.15) is 0 Å². The van der Waals surface area contributed by atoms with Crippen molar-refractivity contribution in [2.45, 2.75) is 34.1 Å². The monoisotopic (exact) mass is 191 g/mol. The minimum absolute atomic E-state index is 0.208. The van der Waals surface area contributed by atoms with Crippen molar-refractivity contribution in [2.24, 2.45) is 11.1 Å². The molecule has 0 aromatic heterocycles. The summed E-state index contributed by atoms with van der Waals surface area (Å²) in [7, 11) is 0. The lowest BCUT2D eigenvalue weighted by Crippen LogP contribution is -2.26. The second-order valence-corrected chi connectivity index (χ2v) is 4.98. The molecule has 1 rings (SSSR count). The van der Waals surface area contributed by atoms with Gasteiger partial charge in [-0.15, -0.1) is 0 Å². The third kappa shape index (κ3) is 2.85. The lowest BCUT2D eigenvalue weighted by atomic mass is 9.84. The molecule has 0 saturated heterocycles. The van der Waals surface area contributed by atoms with E-state index in [1.165, 1.54) is 16.7 Å². The third-order valence-electron chi connectivity index (χ3n) is 2.72. The molecule has 14 heavy (non-hydrogen) atoms. The average Bonchev–Trinajstić information content (AvgIpc) is 2.10. The summed E-state index contributed by atoms with van der Waals surface area (Å²) >= 11 is 0. The molecule has 1 nitrogen and oxygen atoms in total. The van der Waals surface area contributed by atoms with Crippen LogP contribution in [-0.2, 0) is 6.42 Å². The topological polar surface area (TPSA) is 26.0 Å². The predicted molar refractivity (Wildman–Crippen MR) is 62.5 cm³/mol. The molecule has 0 radical (unpaired) electrons. The van der Waals surface area contributed by atoms with Gasteiger partial charge in [0.25, 0.3) is 0 Å². The third-order valence-corrected chi connectivity index (χ3v) is 2.72. The summed E-state index contributed by atoms with van der Waals surface area (Å²) in [5, 5.41) is 0. The molecule has 1 aromatic rings. The van der Waals surface area contributed by atoms with Gasteiger partial charge in [-0.1, -0.05) is 37.6 Å². The lowest BCUT2D eigenvalue weighted by Gasteiger charge is -2.23. The van der Waals surface area contributed by atoms with E-state index in [2.05, 4.69) is 45.9 Å². The Labute approximate surface area is 87.3 Å². The first-order valence-electron chi connectivity index (χ1n) is 5.21. The Kier molecular flexibility index (Phi) is 3.33. The summed E-state index contributed by atoms with van der Waals surface area (Å²) in [4.78, 5) is 0. The van der Waals surface area contributed by atoms with Crippen LogP contribution in [0.2, 0.25) is 0 Å². The molecule has 78 valence electrons. The number of benzene rings is 1. The largest absolute Gasteiger partial charge is 0.330 e. The molecule has 0 fully saturated rings. The quantitative estimate of drug-likeness (QED) is 0.781. The van der Waals surface area contributed by atoms with E-state index in [1.54, 1.807) is 0 Å². The number of hydrogen-bond acceptors (Lipinski definition) is 1. The van der Waals surface area contributed by atoms with E-state index in [1.807, 2.05) is 0 Å². The van der Waals surface area contributed by atoms with E-state index in [0.29, 0.717) is 0 Å². The zero-order valence-electron chi connectivity index (χ0n) is 9.72. The van der Waals surface area contributed by atoms with Crippen LogP contribution in [0.4, 0.5) is 0 Å². The first kappa shape index (κ1) is 11.3. The normalized spacial score (nSPS) is 11.8. The number of rotatable bonds is 3. The molecule has 0 saturated carbocycles. The Morgan fingerprint density at radius 1 is 1.21 bits per heavy atom. The number of hydrogen-bond donors (Lipinski definition) is 1. The average molecular weight is 191 g/mol. The van der Waals surface area contributed by atoms with Crippen LogP contribution in [0.15, 0.2) is 18.2 Å². The van der Waals surface area contributed by atoms with E-state index < -0.39 is 0 Å². The van der Waals surface area contributed by atoms with E-state index in [9.17, 15) is 0 Å². The van der Waals surface area contributed by atoms with Crippen molar-refractivity contribution in [1.29, 1.82) is 0 Å². The van der Waals surface area contributed by atoms with Crippen LogP contribution in [0.3, 0.4) is 0 Å². The molecular formula is C13H21N. The van der Waals surface area contributed by atoms with Crippen LogP contribution in [0.1, 0.15) is 30.5 Å². The Balaban J connectivity index is 2.87. The zero-order chi connectivity index (χ0) is 10.8. The van der Waals surface area contributed by atoms with Crippen LogP contribution in [0.25, 0.3) is 0 Å². The molecule has 0 atom stereocenters. The van der Waals surface area contributed by atoms with Gasteiger partial charge in [0.1, 0.15) is 0 Å². The highest BCUT2D eigenvalue weighted by molar-refractivity contribution is 5.31. The maximum Gasteiger partial charge on any atom is -0.00226 e. The van der Waals surface area contributed by atoms with E-state index in [4.69, 9.17) is 5.73 Å². The number of nitrogens with two attached hydrogens (primary N) is 1. The maximum atomic E-state index is 5.73. The second kappa shape index (κ2) is 4.14. The summed E-state index contributed by atoms with van der Waals surface area (Å²) < 4.78 is 0. The van der Waals surface area contributed by atoms with Gasteiger partial charge < -0.3 is 5.73 Å². The van der Waals surface area contributed by atoms with Crippen molar-refractivity contribution >= 4 is 0 Å². The fourth-order valence-corrected chi connectivity index (χ4v) is 1.63. The van der Waals surface area contributed by atoms with Gasteiger partial charge in [-0.05, 0) is 43.4 Å². The van der Waals surface area contributed by atoms with Crippen molar-refractivity contribution in [1.82, 2.24) is 0 Å². The van der Waals surface area contributed by atoms with E-state index >= 15 is 0 Å². The van der Waals surface area contributed by atoms with Crippen LogP contribution >= 0.6 is 0 Å². The Hall–Kier alpha value is -0.820. The Bertz CT molecular complexity index is 313. The van der Waals surface area contributed by atoms with Gasteiger partial charge in [-0.3, -0.25) is 0 Å². The van der Waals surface area contributed by atoms with Gasteiger partial charge in [0.2, 0.25) is 0 Å². The van der Waals surface area contributed by atoms with Crippen molar-refractivity contribution in [2.75, 3.05) is 6.54 Å². The summed E-state index contributed by atoms with van der Waals surface area (Å²) in [5.74, 6) is 0. The molecule has 0 aliphatic carbocycles. The van der Waals surface area contributed by atoms with Crippen LogP contribution in [0, 0.1) is 19.3 Å². The van der Waals surface area contributed by atoms with Crippen LogP contribution in [0.5, 0.6) is 0 Å². The van der Waals surface area contributed by atoms with Crippen LogP contribution in [-0.4, -0.2) is 6.54 Å². The van der Waals surface area contributed by atoms with Crippen LogP contribution < -0.4 is 5.73 Å². The van der Waals surface area contributed by atoms with E-state index in [0.717, 1.165) is 13.0 Å². The molecular weight excluding hydrogens is 170 g/mol. The molecule has 0 bridgehead atoms. The van der Waals surface area contributed by atoms with Crippen molar-refractivity contribution < 1.29 is 0 Å². The van der Waals surface area contributed by atoms with E-state index in [-0.39, 0.29) is 5.41 Å². The summed E-state index contributed by atoms with van der Waals surface area (Å²) in [6, 6.07) is 6.64. The first-order chi connectivity index (χ1) is 6.44. The maximum absolute atomic E-state index is 5.73. The molecule has 0 aliphatic rings. The smallest absolute Gasteiger partial charge is 0.00226 e. The molecule has 0 amide bonds. The fourth-order valence-electron chi connectivity index (χ4n) is 1.63. The molecule has 2 N–H and O–H groups in total. The molecule has 0 heterocycles. The second-order valence-electron chi connectivity index (χ2n) is 4.98. The summed E-state index contributed by atoms with van der Waals surface area (Å²) in [6.07, 6.45) is 1.07.